The molecule has 182 valence electrons. The molecule has 0 radical (unpaired) electrons. The molecule has 8 nitrogen and oxygen atoms in total. The van der Waals surface area contributed by atoms with E-state index in [1.165, 1.54) is 4.90 Å². The summed E-state index contributed by atoms with van der Waals surface area (Å²) in [6.45, 7) is 6.69. The summed E-state index contributed by atoms with van der Waals surface area (Å²) < 4.78 is 0. The van der Waals surface area contributed by atoms with Crippen LogP contribution in [0.4, 0.5) is 5.69 Å². The number of rotatable bonds is 6. The molecule has 3 rings (SSSR count). The minimum absolute atomic E-state index is 0. The number of aliphatic hydroxyl groups is 2. The fraction of sp³-hybridized carbons (Fsp3) is 0.417. The summed E-state index contributed by atoms with van der Waals surface area (Å²) in [4.78, 5) is 25.8. The number of aliphatic hydroxyl groups excluding tert-OH is 2. The summed E-state index contributed by atoms with van der Waals surface area (Å²) in [6, 6.07) is 14.3. The van der Waals surface area contributed by atoms with Crippen LogP contribution in [0.5, 0.6) is 5.75 Å². The van der Waals surface area contributed by atoms with E-state index in [1.807, 2.05) is 45.2 Å². The molecule has 0 aromatic heterocycles. The average molecular weight is 518 g/mol. The number of para-hydroxylation sites is 1. The van der Waals surface area contributed by atoms with Gasteiger partial charge in [0.1, 0.15) is 6.10 Å². The molecule has 1 saturated heterocycles. The van der Waals surface area contributed by atoms with Gasteiger partial charge in [-0.25, -0.2) is 0 Å². The maximum absolute atomic E-state index is 11.9. The monoisotopic (exact) mass is 517 g/mol. The van der Waals surface area contributed by atoms with Crippen LogP contribution in [0.2, 0.25) is 5.02 Å². The van der Waals surface area contributed by atoms with E-state index in [9.17, 15) is 24.9 Å². The number of anilines is 1. The van der Waals surface area contributed by atoms with Crippen molar-refractivity contribution < 1.29 is 76.3 Å². The van der Waals surface area contributed by atoms with Gasteiger partial charge in [0.15, 0.2) is 12.4 Å². The van der Waals surface area contributed by atoms with Crippen LogP contribution in [0.3, 0.4) is 0 Å². The predicted octanol–water partition coefficient (Wildman–Crippen LogP) is -1.58. The van der Waals surface area contributed by atoms with Gasteiger partial charge in [0.25, 0.3) is 5.91 Å². The third-order valence-electron chi connectivity index (χ3n) is 4.78. The topological polar surface area (TPSA) is 116 Å². The molecule has 1 amide bonds. The summed E-state index contributed by atoms with van der Waals surface area (Å²) in [5.74, 6) is -0.554. The smallest absolute Gasteiger partial charge is 0.872 e. The van der Waals surface area contributed by atoms with E-state index in [-0.39, 0.29) is 63.4 Å². The molecule has 34 heavy (non-hydrogen) atoms. The van der Waals surface area contributed by atoms with Crippen LogP contribution in [0, 0.1) is 0 Å². The Hall–Kier alpha value is -1.01. The van der Waals surface area contributed by atoms with Gasteiger partial charge in [-0.2, -0.15) is 0 Å². The largest absolute Gasteiger partial charge is 1.00 e. The molecule has 0 aliphatic carbocycles. The molecule has 2 aromatic rings. The Kier molecular flexibility index (Phi) is 17.7. The second-order valence-corrected chi connectivity index (χ2v) is 7.42. The number of hydrogen-bond acceptors (Lipinski definition) is 7. The number of piperazine rings is 1. The van der Waals surface area contributed by atoms with Crippen LogP contribution in [0.1, 0.15) is 19.4 Å². The minimum atomic E-state index is -1.70. The first-order chi connectivity index (χ1) is 15.9. The zero-order valence-electron chi connectivity index (χ0n) is 20.3. The fourth-order valence-electron chi connectivity index (χ4n) is 3.14. The van der Waals surface area contributed by atoms with E-state index in [2.05, 4.69) is 10.2 Å². The van der Waals surface area contributed by atoms with E-state index in [0.717, 1.165) is 17.8 Å². The first kappa shape index (κ1) is 33.0. The van der Waals surface area contributed by atoms with Crippen LogP contribution < -0.4 is 66.7 Å². The van der Waals surface area contributed by atoms with Crippen LogP contribution in [0.25, 0.3) is 0 Å². The van der Waals surface area contributed by atoms with Gasteiger partial charge in [0, 0.05) is 32.7 Å². The summed E-state index contributed by atoms with van der Waals surface area (Å²) in [5, 5.41) is 33.1. The van der Waals surface area contributed by atoms with Crippen molar-refractivity contribution in [3.05, 3.63) is 59.1 Å². The standard InChI is InChI=1S/C14H17ClN2O4.C8H11NO.C2H6.K/c15-10-3-1-2-4-11(10)16-5-7-17(8-6-16)14(21)13(20)12(19)9-18;1-9-6-7-3-2-4-8(10)5-7;1-2;/h1-4,9,12-13,19-20H,5-8H2;2-5,9-10H,6H2,1H3;1-2H3;/q;;;+1/p-1/t12-,13+;;;/m0.../s1. The number of amides is 1. The molecule has 10 heteroatoms. The second-order valence-electron chi connectivity index (χ2n) is 7.01. The summed E-state index contributed by atoms with van der Waals surface area (Å²) in [7, 11) is 1.86. The fourth-order valence-corrected chi connectivity index (χ4v) is 3.40. The van der Waals surface area contributed by atoms with Crippen LogP contribution in [-0.2, 0) is 16.1 Å². The summed E-state index contributed by atoms with van der Waals surface area (Å²) in [6.07, 6.45) is -3.23. The van der Waals surface area contributed by atoms with Crippen molar-refractivity contribution in [3.63, 3.8) is 0 Å². The van der Waals surface area contributed by atoms with Gasteiger partial charge < -0.3 is 35.2 Å². The van der Waals surface area contributed by atoms with E-state index >= 15 is 0 Å². The van der Waals surface area contributed by atoms with Crippen molar-refractivity contribution in [2.45, 2.75) is 32.6 Å². The molecule has 1 aliphatic heterocycles. The zero-order chi connectivity index (χ0) is 24.8. The molecule has 0 bridgehead atoms. The van der Waals surface area contributed by atoms with Crippen molar-refractivity contribution in [3.8, 4) is 5.75 Å². The molecule has 0 saturated carbocycles. The van der Waals surface area contributed by atoms with Crippen molar-refractivity contribution in [2.24, 2.45) is 0 Å². The van der Waals surface area contributed by atoms with Gasteiger partial charge in [-0.15, -0.1) is 5.75 Å². The quantitative estimate of drug-likeness (QED) is 0.313. The second kappa shape index (κ2) is 18.3. The first-order valence-electron chi connectivity index (χ1n) is 10.9. The number of benzene rings is 2. The SMILES string of the molecule is CC.CNCc1cccc([O-])c1.O=C[C@H](O)[C@@H](O)C(=O)N1CCN(c2ccccc2Cl)CC1.[K+]. The molecular formula is C24H33ClKN3O5. The Morgan fingerprint density at radius 1 is 1.12 bits per heavy atom. The predicted molar refractivity (Wildman–Crippen MR) is 128 cm³/mol. The van der Waals surface area contributed by atoms with Gasteiger partial charge in [0.05, 0.1) is 10.7 Å². The molecule has 1 fully saturated rings. The Bertz CT molecular complexity index is 866. The molecule has 1 heterocycles. The maximum atomic E-state index is 11.9. The summed E-state index contributed by atoms with van der Waals surface area (Å²) >= 11 is 6.13. The van der Waals surface area contributed by atoms with Gasteiger partial charge in [-0.3, -0.25) is 4.79 Å². The number of carbonyl (C=O) groups excluding carboxylic acids is 2. The molecule has 2 atom stereocenters. The number of nitrogens with one attached hydrogen (secondary N) is 1. The third-order valence-corrected chi connectivity index (χ3v) is 5.10. The number of carbonyl (C=O) groups is 2. The van der Waals surface area contributed by atoms with E-state index in [1.54, 1.807) is 24.3 Å². The summed E-state index contributed by atoms with van der Waals surface area (Å²) in [5.41, 5.74) is 1.94. The van der Waals surface area contributed by atoms with Crippen molar-refractivity contribution in [1.82, 2.24) is 10.2 Å². The number of nitrogens with zero attached hydrogens (tertiary/aromatic N) is 2. The van der Waals surface area contributed by atoms with Crippen LogP contribution in [0.15, 0.2) is 48.5 Å². The van der Waals surface area contributed by atoms with Gasteiger partial charge in [0.2, 0.25) is 0 Å². The molecule has 2 aromatic carbocycles. The molecule has 0 unspecified atom stereocenters. The Morgan fingerprint density at radius 2 is 1.74 bits per heavy atom. The minimum Gasteiger partial charge on any atom is -0.872 e. The van der Waals surface area contributed by atoms with Crippen LogP contribution in [-0.4, -0.2) is 72.7 Å². The number of aldehydes is 1. The Morgan fingerprint density at radius 3 is 2.26 bits per heavy atom. The third kappa shape index (κ3) is 10.7. The van der Waals surface area contributed by atoms with E-state index < -0.39 is 18.1 Å². The molecule has 3 N–H and O–H groups in total. The van der Waals surface area contributed by atoms with Gasteiger partial charge >= 0.3 is 51.4 Å². The zero-order valence-corrected chi connectivity index (χ0v) is 24.2. The first-order valence-corrected chi connectivity index (χ1v) is 11.3. The van der Waals surface area contributed by atoms with E-state index in [0.29, 0.717) is 31.2 Å². The number of hydrogen-bond donors (Lipinski definition) is 3. The van der Waals surface area contributed by atoms with Gasteiger partial charge in [-0.05, 0) is 24.7 Å². The van der Waals surface area contributed by atoms with Crippen molar-refractivity contribution >= 4 is 29.5 Å². The van der Waals surface area contributed by atoms with Gasteiger partial charge in [-0.1, -0.05) is 61.8 Å². The van der Waals surface area contributed by atoms with Crippen molar-refractivity contribution in [1.29, 1.82) is 0 Å². The Labute approximate surface area is 249 Å². The van der Waals surface area contributed by atoms with E-state index in [4.69, 9.17) is 11.6 Å². The number of halogens is 1. The van der Waals surface area contributed by atoms with Crippen molar-refractivity contribution in [2.75, 3.05) is 38.1 Å². The maximum Gasteiger partial charge on any atom is 1.00 e. The molecule has 1 aliphatic rings. The molecular weight excluding hydrogens is 485 g/mol. The normalized spacial score (nSPS) is 14.3. The Balaban J connectivity index is 0.000000706. The molecule has 0 spiro atoms. The average Bonchev–Trinajstić information content (AvgIpc) is 2.85. The van der Waals surface area contributed by atoms with Crippen LogP contribution >= 0.6 is 11.6 Å².